The SMILES string of the molecule is Cc1cc(C)c(C)c(OCCC(C)(NC2CC2)C(=O)O)c1. The molecule has 2 N–H and O–H groups in total. The summed E-state index contributed by atoms with van der Waals surface area (Å²) < 4.78 is 5.84. The first kappa shape index (κ1) is 15.8. The monoisotopic (exact) mass is 291 g/mol. The number of benzene rings is 1. The van der Waals surface area contributed by atoms with E-state index < -0.39 is 11.5 Å². The number of carbonyl (C=O) groups is 1. The Morgan fingerprint density at radius 3 is 2.62 bits per heavy atom. The molecule has 1 unspecified atom stereocenters. The van der Waals surface area contributed by atoms with E-state index in [1.807, 2.05) is 19.9 Å². The van der Waals surface area contributed by atoms with Gasteiger partial charge in [0.25, 0.3) is 0 Å². The van der Waals surface area contributed by atoms with Crippen molar-refractivity contribution in [1.82, 2.24) is 5.32 Å². The van der Waals surface area contributed by atoms with Crippen LogP contribution < -0.4 is 10.1 Å². The number of nitrogens with one attached hydrogen (secondary N) is 1. The van der Waals surface area contributed by atoms with Crippen LogP contribution in [0.2, 0.25) is 0 Å². The van der Waals surface area contributed by atoms with Gasteiger partial charge in [0.2, 0.25) is 0 Å². The zero-order valence-corrected chi connectivity index (χ0v) is 13.3. The Bertz CT molecular complexity index is 537. The van der Waals surface area contributed by atoms with Gasteiger partial charge in [0, 0.05) is 12.5 Å². The molecule has 1 atom stereocenters. The summed E-state index contributed by atoms with van der Waals surface area (Å²) in [6, 6.07) is 4.49. The minimum Gasteiger partial charge on any atom is -0.493 e. The summed E-state index contributed by atoms with van der Waals surface area (Å²) in [5.74, 6) is 0.0433. The average Bonchev–Trinajstić information content (AvgIpc) is 3.18. The Hall–Kier alpha value is -1.55. The van der Waals surface area contributed by atoms with Gasteiger partial charge in [0.05, 0.1) is 6.61 Å². The third kappa shape index (κ3) is 3.97. The van der Waals surface area contributed by atoms with Crippen LogP contribution in [0.3, 0.4) is 0 Å². The molecule has 0 heterocycles. The zero-order valence-electron chi connectivity index (χ0n) is 13.3. The number of hydrogen-bond acceptors (Lipinski definition) is 3. The number of rotatable bonds is 7. The molecule has 1 fully saturated rings. The molecule has 21 heavy (non-hydrogen) atoms. The number of aliphatic carboxylic acids is 1. The van der Waals surface area contributed by atoms with Crippen LogP contribution in [0.4, 0.5) is 0 Å². The first-order chi connectivity index (χ1) is 9.82. The van der Waals surface area contributed by atoms with Crippen molar-refractivity contribution in [3.05, 3.63) is 28.8 Å². The minimum atomic E-state index is -0.909. The Labute approximate surface area is 126 Å². The summed E-state index contributed by atoms with van der Waals surface area (Å²) in [5, 5.41) is 12.6. The number of hydrogen-bond donors (Lipinski definition) is 2. The van der Waals surface area contributed by atoms with Gasteiger partial charge in [-0.15, -0.1) is 0 Å². The topological polar surface area (TPSA) is 58.6 Å². The van der Waals surface area contributed by atoms with Crippen LogP contribution in [0.15, 0.2) is 12.1 Å². The van der Waals surface area contributed by atoms with Gasteiger partial charge in [-0.2, -0.15) is 0 Å². The lowest BCUT2D eigenvalue weighted by Gasteiger charge is -2.26. The fourth-order valence-electron chi connectivity index (χ4n) is 2.43. The molecule has 2 rings (SSSR count). The van der Waals surface area contributed by atoms with E-state index >= 15 is 0 Å². The minimum absolute atomic E-state index is 0.356. The van der Waals surface area contributed by atoms with Gasteiger partial charge < -0.3 is 9.84 Å². The Balaban J connectivity index is 1.97. The van der Waals surface area contributed by atoms with Crippen LogP contribution in [0.5, 0.6) is 5.75 Å². The molecule has 0 spiro atoms. The molecular formula is C17H25NO3. The Kier molecular flexibility index (Phi) is 4.57. The van der Waals surface area contributed by atoms with Crippen molar-refractivity contribution in [2.24, 2.45) is 0 Å². The normalized spacial score (nSPS) is 17.3. The quantitative estimate of drug-likeness (QED) is 0.811. The van der Waals surface area contributed by atoms with Crippen molar-refractivity contribution in [3.8, 4) is 5.75 Å². The molecule has 0 aromatic heterocycles. The van der Waals surface area contributed by atoms with Gasteiger partial charge in [-0.3, -0.25) is 10.1 Å². The third-order valence-electron chi connectivity index (χ3n) is 4.20. The van der Waals surface area contributed by atoms with Crippen molar-refractivity contribution in [3.63, 3.8) is 0 Å². The molecule has 1 aliphatic rings. The molecule has 0 radical (unpaired) electrons. The van der Waals surface area contributed by atoms with Gasteiger partial charge in [0.15, 0.2) is 0 Å². The largest absolute Gasteiger partial charge is 0.493 e. The molecular weight excluding hydrogens is 266 g/mol. The van der Waals surface area contributed by atoms with Crippen LogP contribution in [0.1, 0.15) is 42.9 Å². The number of carboxylic acid groups (broad SMARTS) is 1. The second-order valence-electron chi connectivity index (χ2n) is 6.36. The summed E-state index contributed by atoms with van der Waals surface area (Å²) in [5.41, 5.74) is 2.56. The Morgan fingerprint density at radius 1 is 1.38 bits per heavy atom. The maximum atomic E-state index is 11.5. The molecule has 116 valence electrons. The lowest BCUT2D eigenvalue weighted by molar-refractivity contribution is -0.144. The van der Waals surface area contributed by atoms with Crippen molar-refractivity contribution in [2.45, 2.75) is 58.5 Å². The first-order valence-corrected chi connectivity index (χ1v) is 7.53. The van der Waals surface area contributed by atoms with E-state index in [9.17, 15) is 9.90 Å². The predicted molar refractivity (Wildman–Crippen MR) is 83.0 cm³/mol. The van der Waals surface area contributed by atoms with E-state index in [0.717, 1.165) is 29.7 Å². The maximum absolute atomic E-state index is 11.5. The number of aryl methyl sites for hydroxylation is 2. The highest BCUT2D eigenvalue weighted by atomic mass is 16.5. The van der Waals surface area contributed by atoms with Gasteiger partial charge in [0.1, 0.15) is 11.3 Å². The maximum Gasteiger partial charge on any atom is 0.323 e. The van der Waals surface area contributed by atoms with Crippen LogP contribution in [-0.2, 0) is 4.79 Å². The molecule has 0 bridgehead atoms. The van der Waals surface area contributed by atoms with E-state index in [0.29, 0.717) is 19.1 Å². The third-order valence-corrected chi connectivity index (χ3v) is 4.20. The molecule has 1 saturated carbocycles. The highest BCUT2D eigenvalue weighted by molar-refractivity contribution is 5.78. The van der Waals surface area contributed by atoms with Crippen LogP contribution in [0, 0.1) is 20.8 Å². The van der Waals surface area contributed by atoms with Crippen molar-refractivity contribution in [2.75, 3.05) is 6.61 Å². The van der Waals surface area contributed by atoms with Crippen molar-refractivity contribution >= 4 is 5.97 Å². The molecule has 1 aromatic rings. The van der Waals surface area contributed by atoms with Gasteiger partial charge in [-0.25, -0.2) is 0 Å². The van der Waals surface area contributed by atoms with Crippen LogP contribution in [0.25, 0.3) is 0 Å². The smallest absolute Gasteiger partial charge is 0.323 e. The molecule has 1 aliphatic carbocycles. The fourth-order valence-corrected chi connectivity index (χ4v) is 2.43. The molecule has 4 heteroatoms. The van der Waals surface area contributed by atoms with Crippen LogP contribution >= 0.6 is 0 Å². The molecule has 0 amide bonds. The first-order valence-electron chi connectivity index (χ1n) is 7.53. The van der Waals surface area contributed by atoms with E-state index in [4.69, 9.17) is 4.74 Å². The summed E-state index contributed by atoms with van der Waals surface area (Å²) in [7, 11) is 0. The highest BCUT2D eigenvalue weighted by Crippen LogP contribution is 2.26. The van der Waals surface area contributed by atoms with Gasteiger partial charge >= 0.3 is 5.97 Å². The van der Waals surface area contributed by atoms with E-state index in [1.165, 1.54) is 5.56 Å². The summed E-state index contributed by atoms with van der Waals surface area (Å²) in [6.07, 6.45) is 2.59. The lowest BCUT2D eigenvalue weighted by atomic mass is 9.98. The average molecular weight is 291 g/mol. The van der Waals surface area contributed by atoms with Crippen LogP contribution in [-0.4, -0.2) is 29.3 Å². The highest BCUT2D eigenvalue weighted by Gasteiger charge is 2.38. The van der Waals surface area contributed by atoms with E-state index in [-0.39, 0.29) is 0 Å². The molecule has 0 aliphatic heterocycles. The molecule has 1 aromatic carbocycles. The van der Waals surface area contributed by atoms with Gasteiger partial charge in [-0.05, 0) is 63.3 Å². The lowest BCUT2D eigenvalue weighted by Crippen LogP contribution is -2.51. The van der Waals surface area contributed by atoms with Crippen molar-refractivity contribution < 1.29 is 14.6 Å². The molecule has 0 saturated heterocycles. The predicted octanol–water partition coefficient (Wildman–Crippen LogP) is 2.98. The van der Waals surface area contributed by atoms with Crippen molar-refractivity contribution in [1.29, 1.82) is 0 Å². The number of ether oxygens (including phenoxy) is 1. The second kappa shape index (κ2) is 6.06. The Morgan fingerprint density at radius 2 is 2.05 bits per heavy atom. The van der Waals surface area contributed by atoms with E-state index in [1.54, 1.807) is 6.92 Å². The summed E-state index contributed by atoms with van der Waals surface area (Å²) >= 11 is 0. The molecule has 4 nitrogen and oxygen atoms in total. The summed E-state index contributed by atoms with van der Waals surface area (Å²) in [4.78, 5) is 11.5. The zero-order chi connectivity index (χ0) is 15.6. The number of carboxylic acids is 1. The summed E-state index contributed by atoms with van der Waals surface area (Å²) in [6.45, 7) is 8.26. The van der Waals surface area contributed by atoms with E-state index in [2.05, 4.69) is 18.3 Å². The van der Waals surface area contributed by atoms with Gasteiger partial charge in [-0.1, -0.05) is 6.07 Å². The standard InChI is InChI=1S/C17H25NO3/c1-11-9-12(2)13(3)15(10-11)21-8-7-17(4,16(19)20)18-14-5-6-14/h9-10,14,18H,5-8H2,1-4H3,(H,19,20). The fraction of sp³-hybridized carbons (Fsp3) is 0.588. The second-order valence-corrected chi connectivity index (χ2v) is 6.36.